The van der Waals surface area contributed by atoms with Gasteiger partial charge in [-0.15, -0.1) is 0 Å². The lowest BCUT2D eigenvalue weighted by molar-refractivity contribution is -0.384. The normalized spacial score (nSPS) is 10.0. The van der Waals surface area contributed by atoms with Crippen LogP contribution >= 0.6 is 0 Å². The number of nitro groups is 1. The molecular formula is C13H18N2O4. The van der Waals surface area contributed by atoms with Crippen LogP contribution in [-0.4, -0.2) is 24.5 Å². The maximum Gasteiger partial charge on any atom is 0.340 e. The zero-order chi connectivity index (χ0) is 14.3. The van der Waals surface area contributed by atoms with Crippen molar-refractivity contribution in [2.75, 3.05) is 19.0 Å². The first kappa shape index (κ1) is 14.9. The van der Waals surface area contributed by atoms with Gasteiger partial charge in [0.15, 0.2) is 0 Å². The fourth-order valence-corrected chi connectivity index (χ4v) is 1.75. The highest BCUT2D eigenvalue weighted by Crippen LogP contribution is 2.28. The van der Waals surface area contributed by atoms with E-state index < -0.39 is 10.9 Å². The number of ether oxygens (including phenoxy) is 1. The largest absolute Gasteiger partial charge is 0.465 e. The number of hydrogen-bond acceptors (Lipinski definition) is 5. The first-order valence-electron chi connectivity index (χ1n) is 6.21. The van der Waals surface area contributed by atoms with Crippen molar-refractivity contribution in [3.05, 3.63) is 33.9 Å². The Morgan fingerprint density at radius 2 is 2.16 bits per heavy atom. The minimum absolute atomic E-state index is 0.112. The fraction of sp³-hybridized carbons (Fsp3) is 0.462. The molecule has 1 aromatic carbocycles. The molecule has 0 aliphatic heterocycles. The highest BCUT2D eigenvalue weighted by molar-refractivity contribution is 5.98. The van der Waals surface area contributed by atoms with E-state index in [0.29, 0.717) is 6.54 Å². The number of methoxy groups -OCH3 is 1. The number of para-hydroxylation sites is 1. The van der Waals surface area contributed by atoms with Crippen molar-refractivity contribution in [3.8, 4) is 0 Å². The first-order valence-corrected chi connectivity index (χ1v) is 6.21. The summed E-state index contributed by atoms with van der Waals surface area (Å²) in [6.45, 7) is 2.66. The molecule has 1 aromatic rings. The number of carbonyl (C=O) groups is 1. The third-order valence-electron chi connectivity index (χ3n) is 2.73. The van der Waals surface area contributed by atoms with Crippen LogP contribution in [0.4, 0.5) is 11.4 Å². The van der Waals surface area contributed by atoms with Crippen LogP contribution in [0.3, 0.4) is 0 Å². The predicted molar refractivity (Wildman–Crippen MR) is 72.5 cm³/mol. The minimum atomic E-state index is -0.582. The maximum atomic E-state index is 11.6. The van der Waals surface area contributed by atoms with Gasteiger partial charge in [-0.25, -0.2) is 4.79 Å². The molecule has 6 heteroatoms. The molecule has 6 nitrogen and oxygen atoms in total. The average Bonchev–Trinajstić information content (AvgIpc) is 2.42. The van der Waals surface area contributed by atoms with Crippen molar-refractivity contribution in [1.82, 2.24) is 0 Å². The number of nitrogens with zero attached hydrogens (tertiary/aromatic N) is 1. The molecule has 104 valence electrons. The van der Waals surface area contributed by atoms with Gasteiger partial charge in [-0.2, -0.15) is 0 Å². The van der Waals surface area contributed by atoms with Gasteiger partial charge in [0, 0.05) is 12.6 Å². The van der Waals surface area contributed by atoms with Gasteiger partial charge in [0.1, 0.15) is 5.69 Å². The Bertz CT molecular complexity index is 460. The Morgan fingerprint density at radius 1 is 1.42 bits per heavy atom. The molecule has 0 aliphatic carbocycles. The molecule has 0 amide bonds. The van der Waals surface area contributed by atoms with Crippen molar-refractivity contribution in [1.29, 1.82) is 0 Å². The molecule has 0 saturated heterocycles. The van der Waals surface area contributed by atoms with Crippen LogP contribution in [0.1, 0.15) is 36.5 Å². The van der Waals surface area contributed by atoms with E-state index >= 15 is 0 Å². The lowest BCUT2D eigenvalue weighted by Crippen LogP contribution is -2.11. The smallest absolute Gasteiger partial charge is 0.340 e. The van der Waals surface area contributed by atoms with Crippen LogP contribution in [0.2, 0.25) is 0 Å². The van der Waals surface area contributed by atoms with Crippen LogP contribution < -0.4 is 5.32 Å². The SMILES string of the molecule is CCCCCNc1c(C(=O)OC)cccc1[N+](=O)[O-]. The third-order valence-corrected chi connectivity index (χ3v) is 2.73. The molecule has 0 fully saturated rings. The molecule has 0 saturated carbocycles. The summed E-state index contributed by atoms with van der Waals surface area (Å²) in [5, 5.41) is 14.0. The molecule has 0 aliphatic rings. The van der Waals surface area contributed by atoms with Crippen molar-refractivity contribution < 1.29 is 14.5 Å². The second-order valence-electron chi connectivity index (χ2n) is 4.08. The van der Waals surface area contributed by atoms with E-state index in [4.69, 9.17) is 0 Å². The summed E-state index contributed by atoms with van der Waals surface area (Å²) < 4.78 is 4.64. The second kappa shape index (κ2) is 7.35. The lowest BCUT2D eigenvalue weighted by atomic mass is 10.1. The summed E-state index contributed by atoms with van der Waals surface area (Å²) in [6, 6.07) is 4.36. The van der Waals surface area contributed by atoms with Crippen LogP contribution in [0, 0.1) is 10.1 Å². The molecule has 1 rings (SSSR count). The van der Waals surface area contributed by atoms with E-state index in [1.807, 2.05) is 0 Å². The van der Waals surface area contributed by atoms with Gasteiger partial charge in [0.05, 0.1) is 17.6 Å². The first-order chi connectivity index (χ1) is 9.11. The van der Waals surface area contributed by atoms with Crippen molar-refractivity contribution in [2.24, 2.45) is 0 Å². The Morgan fingerprint density at radius 3 is 2.74 bits per heavy atom. The Balaban J connectivity index is 3.00. The number of unbranched alkanes of at least 4 members (excludes halogenated alkanes) is 2. The molecule has 0 heterocycles. The van der Waals surface area contributed by atoms with Crippen LogP contribution in [0.15, 0.2) is 18.2 Å². The van der Waals surface area contributed by atoms with Crippen molar-refractivity contribution in [2.45, 2.75) is 26.2 Å². The van der Waals surface area contributed by atoms with Gasteiger partial charge in [-0.05, 0) is 12.5 Å². The quantitative estimate of drug-likeness (QED) is 0.355. The summed E-state index contributed by atoms with van der Waals surface area (Å²) in [5.74, 6) is -0.582. The molecule has 0 radical (unpaired) electrons. The van der Waals surface area contributed by atoms with Gasteiger partial charge in [0.25, 0.3) is 5.69 Å². The average molecular weight is 266 g/mol. The van der Waals surface area contributed by atoms with E-state index in [0.717, 1.165) is 19.3 Å². The zero-order valence-electron chi connectivity index (χ0n) is 11.1. The Kier molecular flexibility index (Phi) is 5.78. The van der Waals surface area contributed by atoms with E-state index in [1.165, 1.54) is 25.3 Å². The Labute approximate surface area is 111 Å². The van der Waals surface area contributed by atoms with Gasteiger partial charge >= 0.3 is 5.97 Å². The molecule has 0 bridgehead atoms. The summed E-state index contributed by atoms with van der Waals surface area (Å²) in [6.07, 6.45) is 2.98. The highest BCUT2D eigenvalue weighted by Gasteiger charge is 2.21. The molecule has 0 spiro atoms. The monoisotopic (exact) mass is 266 g/mol. The van der Waals surface area contributed by atoms with E-state index in [9.17, 15) is 14.9 Å². The number of esters is 1. The molecule has 19 heavy (non-hydrogen) atoms. The summed E-state index contributed by atoms with van der Waals surface area (Å²) >= 11 is 0. The van der Waals surface area contributed by atoms with E-state index in [-0.39, 0.29) is 16.9 Å². The topological polar surface area (TPSA) is 81.5 Å². The standard InChI is InChI=1S/C13H18N2O4/c1-3-4-5-9-14-12-10(13(16)19-2)7-6-8-11(12)15(17)18/h6-8,14H,3-5,9H2,1-2H3. The van der Waals surface area contributed by atoms with Crippen LogP contribution in [0.25, 0.3) is 0 Å². The third kappa shape index (κ3) is 3.94. The molecule has 0 atom stereocenters. The summed E-state index contributed by atoms with van der Waals surface area (Å²) in [7, 11) is 1.25. The molecule has 1 N–H and O–H groups in total. The highest BCUT2D eigenvalue weighted by atomic mass is 16.6. The molecule has 0 aromatic heterocycles. The number of nitro benzene ring substituents is 1. The van der Waals surface area contributed by atoms with Crippen LogP contribution in [-0.2, 0) is 4.74 Å². The van der Waals surface area contributed by atoms with Gasteiger partial charge in [-0.3, -0.25) is 10.1 Å². The van der Waals surface area contributed by atoms with Crippen molar-refractivity contribution >= 4 is 17.3 Å². The molecule has 0 unspecified atom stereocenters. The Hall–Kier alpha value is -2.11. The van der Waals surface area contributed by atoms with E-state index in [1.54, 1.807) is 0 Å². The van der Waals surface area contributed by atoms with Crippen LogP contribution in [0.5, 0.6) is 0 Å². The number of hydrogen-bond donors (Lipinski definition) is 1. The summed E-state index contributed by atoms with van der Waals surface area (Å²) in [5.41, 5.74) is 0.308. The van der Waals surface area contributed by atoms with Gasteiger partial charge in [-0.1, -0.05) is 25.8 Å². The van der Waals surface area contributed by atoms with Gasteiger partial charge < -0.3 is 10.1 Å². The molecular weight excluding hydrogens is 248 g/mol. The number of carbonyl (C=O) groups excluding carboxylic acids is 1. The number of rotatable bonds is 7. The lowest BCUT2D eigenvalue weighted by Gasteiger charge is -2.10. The number of nitrogens with one attached hydrogen (secondary N) is 1. The predicted octanol–water partition coefficient (Wildman–Crippen LogP) is 2.98. The van der Waals surface area contributed by atoms with Gasteiger partial charge in [0.2, 0.25) is 0 Å². The maximum absolute atomic E-state index is 11.6. The fourth-order valence-electron chi connectivity index (χ4n) is 1.75. The summed E-state index contributed by atoms with van der Waals surface area (Å²) in [4.78, 5) is 22.1. The number of anilines is 1. The second-order valence-corrected chi connectivity index (χ2v) is 4.08. The van der Waals surface area contributed by atoms with E-state index in [2.05, 4.69) is 17.0 Å². The minimum Gasteiger partial charge on any atom is -0.465 e. The van der Waals surface area contributed by atoms with Crippen molar-refractivity contribution in [3.63, 3.8) is 0 Å². The zero-order valence-corrected chi connectivity index (χ0v) is 11.1. The number of benzene rings is 1.